The van der Waals surface area contributed by atoms with Crippen molar-refractivity contribution in [3.8, 4) is 5.75 Å². The van der Waals surface area contributed by atoms with Crippen LogP contribution in [0, 0.1) is 5.82 Å². The van der Waals surface area contributed by atoms with Crippen molar-refractivity contribution in [1.82, 2.24) is 4.90 Å². The third-order valence-electron chi connectivity index (χ3n) is 2.84. The molecule has 112 valence electrons. The second kappa shape index (κ2) is 6.36. The molecule has 0 saturated heterocycles. The Labute approximate surface area is 120 Å². The topological polar surface area (TPSA) is 78.9 Å². The predicted octanol–water partition coefficient (Wildman–Crippen LogP) is 0.881. The lowest BCUT2D eigenvalue weighted by Crippen LogP contribution is -2.34. The van der Waals surface area contributed by atoms with Crippen LogP contribution in [0.5, 0.6) is 5.75 Å². The van der Waals surface area contributed by atoms with E-state index in [9.17, 15) is 14.0 Å². The molecule has 1 aromatic rings. The second-order valence-electron chi connectivity index (χ2n) is 4.28. The average molecular weight is 294 g/mol. The number of nitrogens with zero attached hydrogens (tertiary/aromatic N) is 1. The zero-order chi connectivity index (χ0) is 15.4. The number of nitrogens with one attached hydrogen (secondary N) is 1. The molecule has 0 spiro atoms. The number of β-amino-alcohol motifs (C(OH)–C–C–N with tert-alkyl or cyclic N) is 1. The van der Waals surface area contributed by atoms with Gasteiger partial charge in [-0.05, 0) is 19.1 Å². The van der Waals surface area contributed by atoms with Crippen LogP contribution in [-0.4, -0.2) is 41.6 Å². The van der Waals surface area contributed by atoms with Gasteiger partial charge in [-0.25, -0.2) is 4.39 Å². The molecule has 0 fully saturated rings. The van der Waals surface area contributed by atoms with Gasteiger partial charge in [-0.15, -0.1) is 0 Å². The SMILES string of the molecule is CCOc1ccc(NC2=CC(=O)N(CCO)C2=O)cc1F. The fraction of sp³-hybridized carbons (Fsp3) is 0.286. The summed E-state index contributed by atoms with van der Waals surface area (Å²) < 4.78 is 18.8. The molecule has 2 rings (SSSR count). The van der Waals surface area contributed by atoms with E-state index < -0.39 is 17.6 Å². The van der Waals surface area contributed by atoms with Gasteiger partial charge in [-0.3, -0.25) is 14.5 Å². The number of aliphatic hydroxyl groups excluding tert-OH is 1. The molecular formula is C14H15FN2O4. The zero-order valence-electron chi connectivity index (χ0n) is 11.4. The van der Waals surface area contributed by atoms with E-state index >= 15 is 0 Å². The number of ether oxygens (including phenoxy) is 1. The van der Waals surface area contributed by atoms with Gasteiger partial charge in [0.15, 0.2) is 11.6 Å². The highest BCUT2D eigenvalue weighted by molar-refractivity contribution is 6.17. The molecule has 21 heavy (non-hydrogen) atoms. The summed E-state index contributed by atoms with van der Waals surface area (Å²) in [5.74, 6) is -1.51. The Morgan fingerprint density at radius 2 is 2.14 bits per heavy atom. The van der Waals surface area contributed by atoms with Crippen molar-refractivity contribution in [3.05, 3.63) is 35.8 Å². The fourth-order valence-electron chi connectivity index (χ4n) is 1.92. The lowest BCUT2D eigenvalue weighted by Gasteiger charge is -2.13. The van der Waals surface area contributed by atoms with Gasteiger partial charge in [0.25, 0.3) is 11.8 Å². The van der Waals surface area contributed by atoms with E-state index in [0.29, 0.717) is 12.3 Å². The van der Waals surface area contributed by atoms with Crippen molar-refractivity contribution in [2.24, 2.45) is 0 Å². The molecule has 2 N–H and O–H groups in total. The van der Waals surface area contributed by atoms with Crippen LogP contribution in [0.25, 0.3) is 0 Å². The summed E-state index contributed by atoms with van der Waals surface area (Å²) in [6.45, 7) is 1.71. The first-order valence-corrected chi connectivity index (χ1v) is 6.44. The van der Waals surface area contributed by atoms with Crippen LogP contribution in [-0.2, 0) is 9.59 Å². The number of imide groups is 1. The molecule has 1 aliphatic heterocycles. The van der Waals surface area contributed by atoms with Crippen LogP contribution < -0.4 is 10.1 Å². The minimum Gasteiger partial charge on any atom is -0.491 e. The van der Waals surface area contributed by atoms with E-state index in [4.69, 9.17) is 9.84 Å². The molecule has 0 aliphatic carbocycles. The normalized spacial score (nSPS) is 14.4. The Balaban J connectivity index is 2.12. The lowest BCUT2D eigenvalue weighted by atomic mass is 10.2. The van der Waals surface area contributed by atoms with Crippen molar-refractivity contribution in [2.75, 3.05) is 25.1 Å². The highest BCUT2D eigenvalue weighted by Crippen LogP contribution is 2.23. The maximum Gasteiger partial charge on any atom is 0.277 e. The Morgan fingerprint density at radius 1 is 1.38 bits per heavy atom. The quantitative estimate of drug-likeness (QED) is 0.762. The average Bonchev–Trinajstić information content (AvgIpc) is 2.70. The van der Waals surface area contributed by atoms with Crippen LogP contribution in [0.1, 0.15) is 6.92 Å². The number of hydrogen-bond acceptors (Lipinski definition) is 5. The Bertz CT molecular complexity index is 601. The van der Waals surface area contributed by atoms with E-state index in [-0.39, 0.29) is 24.6 Å². The van der Waals surface area contributed by atoms with Crippen molar-refractivity contribution in [1.29, 1.82) is 0 Å². The molecule has 1 aromatic carbocycles. The molecule has 1 heterocycles. The highest BCUT2D eigenvalue weighted by Gasteiger charge is 2.30. The summed E-state index contributed by atoms with van der Waals surface area (Å²) >= 11 is 0. The second-order valence-corrected chi connectivity index (χ2v) is 4.28. The molecule has 2 amide bonds. The van der Waals surface area contributed by atoms with Crippen molar-refractivity contribution in [3.63, 3.8) is 0 Å². The molecule has 0 bridgehead atoms. The zero-order valence-corrected chi connectivity index (χ0v) is 11.4. The molecule has 0 aromatic heterocycles. The first-order valence-electron chi connectivity index (χ1n) is 6.44. The molecule has 1 aliphatic rings. The number of rotatable bonds is 6. The van der Waals surface area contributed by atoms with Gasteiger partial charge >= 0.3 is 0 Å². The summed E-state index contributed by atoms with van der Waals surface area (Å²) in [6, 6.07) is 4.16. The minimum absolute atomic E-state index is 0.0389. The van der Waals surface area contributed by atoms with Crippen LogP contribution >= 0.6 is 0 Å². The molecule has 6 nitrogen and oxygen atoms in total. The molecular weight excluding hydrogens is 279 g/mol. The maximum absolute atomic E-state index is 13.7. The maximum atomic E-state index is 13.7. The van der Waals surface area contributed by atoms with Crippen LogP contribution in [0.15, 0.2) is 30.0 Å². The first-order chi connectivity index (χ1) is 10.1. The lowest BCUT2D eigenvalue weighted by molar-refractivity contribution is -0.137. The third-order valence-corrected chi connectivity index (χ3v) is 2.84. The van der Waals surface area contributed by atoms with Gasteiger partial charge in [0.05, 0.1) is 19.8 Å². The van der Waals surface area contributed by atoms with E-state index in [2.05, 4.69) is 5.32 Å². The number of aliphatic hydroxyl groups is 1. The van der Waals surface area contributed by atoms with Gasteiger partial charge in [0.1, 0.15) is 5.70 Å². The van der Waals surface area contributed by atoms with Gasteiger partial charge in [-0.1, -0.05) is 0 Å². The fourth-order valence-corrected chi connectivity index (χ4v) is 1.92. The summed E-state index contributed by atoms with van der Waals surface area (Å²) in [5, 5.41) is 11.5. The summed E-state index contributed by atoms with van der Waals surface area (Å²) in [4.78, 5) is 24.4. The predicted molar refractivity (Wildman–Crippen MR) is 73.1 cm³/mol. The summed E-state index contributed by atoms with van der Waals surface area (Å²) in [5.41, 5.74) is 0.367. The minimum atomic E-state index is -0.563. The molecule has 0 radical (unpaired) electrons. The standard InChI is InChI=1S/C14H15FN2O4/c1-2-21-12-4-3-9(7-10(12)15)16-11-8-13(19)17(5-6-18)14(11)20/h3-4,7-8,16,18H,2,5-6H2,1H3. The first kappa shape index (κ1) is 15.0. The number of carbonyl (C=O) groups is 2. The number of benzene rings is 1. The summed E-state index contributed by atoms with van der Waals surface area (Å²) in [6.07, 6.45) is 1.12. The van der Waals surface area contributed by atoms with Crippen LogP contribution in [0.3, 0.4) is 0 Å². The van der Waals surface area contributed by atoms with Crippen LogP contribution in [0.4, 0.5) is 10.1 Å². The molecule has 0 unspecified atom stereocenters. The van der Waals surface area contributed by atoms with Gasteiger partial charge in [0, 0.05) is 17.8 Å². The van der Waals surface area contributed by atoms with E-state index in [1.165, 1.54) is 12.1 Å². The molecule has 0 atom stereocenters. The Morgan fingerprint density at radius 3 is 2.76 bits per heavy atom. The van der Waals surface area contributed by atoms with Crippen molar-refractivity contribution in [2.45, 2.75) is 6.92 Å². The van der Waals surface area contributed by atoms with Gasteiger partial charge in [0.2, 0.25) is 0 Å². The number of carbonyl (C=O) groups excluding carboxylic acids is 2. The van der Waals surface area contributed by atoms with E-state index in [0.717, 1.165) is 11.0 Å². The van der Waals surface area contributed by atoms with E-state index in [1.54, 1.807) is 13.0 Å². The summed E-state index contributed by atoms with van der Waals surface area (Å²) in [7, 11) is 0. The smallest absolute Gasteiger partial charge is 0.277 e. The number of halogens is 1. The Kier molecular flexibility index (Phi) is 4.54. The largest absolute Gasteiger partial charge is 0.491 e. The number of hydrogen-bond donors (Lipinski definition) is 2. The van der Waals surface area contributed by atoms with E-state index in [1.807, 2.05) is 0 Å². The molecule has 7 heteroatoms. The van der Waals surface area contributed by atoms with Crippen LogP contribution in [0.2, 0.25) is 0 Å². The van der Waals surface area contributed by atoms with Gasteiger partial charge < -0.3 is 15.2 Å². The highest BCUT2D eigenvalue weighted by atomic mass is 19.1. The number of anilines is 1. The van der Waals surface area contributed by atoms with Gasteiger partial charge in [-0.2, -0.15) is 0 Å². The number of amides is 2. The molecule has 0 saturated carbocycles. The monoisotopic (exact) mass is 294 g/mol. The van der Waals surface area contributed by atoms with Crippen molar-refractivity contribution < 1.29 is 23.8 Å². The van der Waals surface area contributed by atoms with Crippen molar-refractivity contribution >= 4 is 17.5 Å². The third kappa shape index (κ3) is 3.19. The Hall–Kier alpha value is -2.41.